The van der Waals surface area contributed by atoms with Crippen molar-refractivity contribution in [2.75, 3.05) is 6.54 Å². The van der Waals surface area contributed by atoms with Crippen molar-refractivity contribution in [3.05, 3.63) is 59.7 Å². The predicted octanol–water partition coefficient (Wildman–Crippen LogP) is 2.33. The van der Waals surface area contributed by atoms with Crippen LogP contribution in [-0.4, -0.2) is 31.9 Å². The number of benzene rings is 2. The number of nitrogens with one attached hydrogen (secondary N) is 2. The van der Waals surface area contributed by atoms with E-state index < -0.39 is 39.2 Å². The first kappa shape index (κ1) is 22.2. The molecule has 12 heteroatoms. The number of alkyl halides is 3. The summed E-state index contributed by atoms with van der Waals surface area (Å²) in [6, 6.07) is 8.35. The van der Waals surface area contributed by atoms with Gasteiger partial charge in [0.15, 0.2) is 5.75 Å². The van der Waals surface area contributed by atoms with E-state index in [1.807, 2.05) is 0 Å². The van der Waals surface area contributed by atoms with Crippen molar-refractivity contribution in [1.82, 2.24) is 9.79 Å². The summed E-state index contributed by atoms with van der Waals surface area (Å²) < 4.78 is 64.7. The van der Waals surface area contributed by atoms with Crippen molar-refractivity contribution in [3.63, 3.8) is 0 Å². The molecule has 0 aliphatic rings. The molecule has 0 radical (unpaired) electrons. The van der Waals surface area contributed by atoms with Crippen LogP contribution in [0.1, 0.15) is 22.8 Å². The summed E-state index contributed by atoms with van der Waals surface area (Å²) in [7, 11) is -3.71. The smallest absolute Gasteiger partial charge is 0.369 e. The van der Waals surface area contributed by atoms with E-state index in [0.29, 0.717) is 11.1 Å². The molecule has 2 aromatic carbocycles. The number of rotatable bonds is 6. The average Bonchev–Trinajstić information content (AvgIpc) is 2.65. The number of sulfonamides is 1. The minimum atomic E-state index is -4.66. The topological polar surface area (TPSA) is 126 Å². The summed E-state index contributed by atoms with van der Waals surface area (Å²) in [5.41, 5.74) is 3.87. The summed E-state index contributed by atoms with van der Waals surface area (Å²) in [6.45, 7) is 1.79. The number of guanidine groups is 1. The van der Waals surface area contributed by atoms with Gasteiger partial charge in [-0.1, -0.05) is 13.0 Å². The van der Waals surface area contributed by atoms with E-state index >= 15 is 0 Å². The second kappa shape index (κ2) is 8.49. The fourth-order valence-corrected chi connectivity index (χ4v) is 3.25. The highest BCUT2D eigenvalue weighted by atomic mass is 32.2. The third-order valence-corrected chi connectivity index (χ3v) is 5.07. The third kappa shape index (κ3) is 5.45. The van der Waals surface area contributed by atoms with Crippen LogP contribution < -0.4 is 15.3 Å². The molecule has 0 bridgehead atoms. The molecule has 0 spiro atoms. The second-order valence-corrected chi connectivity index (χ2v) is 7.39. The Bertz CT molecular complexity index is 1010. The first-order chi connectivity index (χ1) is 13.5. The van der Waals surface area contributed by atoms with Crippen LogP contribution in [0.4, 0.5) is 13.2 Å². The summed E-state index contributed by atoms with van der Waals surface area (Å²) in [4.78, 5) is 17.6. The van der Waals surface area contributed by atoms with Gasteiger partial charge in [-0.25, -0.2) is 13.1 Å². The van der Waals surface area contributed by atoms with Gasteiger partial charge in [0.25, 0.3) is 5.91 Å². The van der Waals surface area contributed by atoms with Gasteiger partial charge in [0.05, 0.1) is 10.5 Å². The van der Waals surface area contributed by atoms with Crippen LogP contribution in [0, 0.1) is 5.41 Å². The minimum Gasteiger partial charge on any atom is -0.369 e. The van der Waals surface area contributed by atoms with E-state index in [9.17, 15) is 26.4 Å². The molecule has 0 atom stereocenters. The lowest BCUT2D eigenvalue weighted by Gasteiger charge is -2.21. The van der Waals surface area contributed by atoms with E-state index in [4.69, 9.17) is 16.0 Å². The van der Waals surface area contributed by atoms with Crippen molar-refractivity contribution in [3.8, 4) is 5.75 Å². The van der Waals surface area contributed by atoms with E-state index in [-0.39, 0.29) is 17.2 Å². The monoisotopic (exact) mass is 430 g/mol. The lowest BCUT2D eigenvalue weighted by molar-refractivity contribution is -0.137. The maximum absolute atomic E-state index is 12.8. The Morgan fingerprint density at radius 3 is 2.34 bits per heavy atom. The van der Waals surface area contributed by atoms with Crippen LogP contribution in [0.2, 0.25) is 0 Å². The molecule has 0 aliphatic heterocycles. The van der Waals surface area contributed by atoms with Crippen molar-refractivity contribution in [2.45, 2.75) is 18.0 Å². The van der Waals surface area contributed by atoms with Gasteiger partial charge in [0.2, 0.25) is 16.0 Å². The van der Waals surface area contributed by atoms with Gasteiger partial charge < -0.3 is 10.6 Å². The minimum absolute atomic E-state index is 0.0593. The van der Waals surface area contributed by atoms with Gasteiger partial charge >= 0.3 is 6.18 Å². The molecule has 156 valence electrons. The van der Waals surface area contributed by atoms with Crippen LogP contribution in [0.15, 0.2) is 53.4 Å². The van der Waals surface area contributed by atoms with Crippen molar-refractivity contribution < 1.29 is 31.2 Å². The quantitative estimate of drug-likeness (QED) is 0.368. The molecule has 29 heavy (non-hydrogen) atoms. The second-order valence-electron chi connectivity index (χ2n) is 5.63. The number of carbonyl (C=O) groups is 1. The number of halogens is 3. The Balaban J connectivity index is 2.27. The number of carbonyl (C=O) groups excluding carboxylic acids is 1. The Morgan fingerprint density at radius 2 is 1.83 bits per heavy atom. The van der Waals surface area contributed by atoms with E-state index in [1.54, 1.807) is 6.92 Å². The normalized spacial score (nSPS) is 11.7. The summed E-state index contributed by atoms with van der Waals surface area (Å²) in [5, 5.41) is 7.78. The number of nitrogens with zero attached hydrogens (tertiary/aromatic N) is 1. The first-order valence-corrected chi connectivity index (χ1v) is 9.57. The van der Waals surface area contributed by atoms with E-state index in [0.717, 1.165) is 18.2 Å². The maximum Gasteiger partial charge on any atom is 0.416 e. The molecule has 0 heterocycles. The molecule has 2 aromatic rings. The highest BCUT2D eigenvalue weighted by molar-refractivity contribution is 7.89. The molecule has 0 aromatic heterocycles. The number of nitrogens with two attached hydrogens (primary N) is 1. The van der Waals surface area contributed by atoms with Gasteiger partial charge in [-0.15, -0.1) is 5.06 Å². The largest absolute Gasteiger partial charge is 0.416 e. The molecule has 1 amide bonds. The highest BCUT2D eigenvalue weighted by Crippen LogP contribution is 2.30. The van der Waals surface area contributed by atoms with E-state index in [2.05, 4.69) is 4.72 Å². The fourth-order valence-electron chi connectivity index (χ4n) is 2.20. The van der Waals surface area contributed by atoms with Gasteiger partial charge in [0.1, 0.15) is 0 Å². The molecule has 0 saturated heterocycles. The lowest BCUT2D eigenvalue weighted by atomic mass is 10.1. The van der Waals surface area contributed by atoms with Crippen LogP contribution in [0.25, 0.3) is 0 Å². The lowest BCUT2D eigenvalue weighted by Crippen LogP contribution is -2.43. The molecular weight excluding hydrogens is 413 g/mol. The molecular formula is C17H17F3N4O4S. The molecule has 4 N–H and O–H groups in total. The number of hydrogen-bond donors (Lipinski definition) is 3. The Kier molecular flexibility index (Phi) is 6.49. The first-order valence-electron chi connectivity index (χ1n) is 8.09. The number of hydrogen-bond acceptors (Lipinski definition) is 5. The van der Waals surface area contributed by atoms with Gasteiger partial charge in [-0.2, -0.15) is 13.2 Å². The zero-order valence-corrected chi connectivity index (χ0v) is 15.8. The third-order valence-electron chi connectivity index (χ3n) is 3.51. The predicted molar refractivity (Wildman–Crippen MR) is 97.5 cm³/mol. The molecule has 0 unspecified atom stereocenters. The molecule has 0 saturated carbocycles. The standard InChI is InChI=1S/C17H17F3N4O4S/c1-2-23-29(26,27)14-8-6-13(7-9-14)28-24(16(21)22)15(25)11-4-3-5-12(10-11)17(18,19)20/h3-10,23H,2H2,1H3,(H3,21,22). The van der Waals surface area contributed by atoms with Gasteiger partial charge in [-0.3, -0.25) is 10.2 Å². The highest BCUT2D eigenvalue weighted by Gasteiger charge is 2.32. The van der Waals surface area contributed by atoms with Crippen molar-refractivity contribution in [2.24, 2.45) is 5.73 Å². The zero-order valence-electron chi connectivity index (χ0n) is 15.0. The van der Waals surface area contributed by atoms with Gasteiger partial charge in [-0.05, 0) is 42.5 Å². The number of hydroxylamine groups is 2. The zero-order chi connectivity index (χ0) is 21.8. The molecule has 8 nitrogen and oxygen atoms in total. The summed E-state index contributed by atoms with van der Waals surface area (Å²) >= 11 is 0. The fraction of sp³-hybridized carbons (Fsp3) is 0.176. The van der Waals surface area contributed by atoms with Crippen LogP contribution in [0.5, 0.6) is 5.75 Å². The molecule has 0 aliphatic carbocycles. The van der Waals surface area contributed by atoms with Crippen molar-refractivity contribution in [1.29, 1.82) is 5.41 Å². The molecule has 2 rings (SSSR count). The average molecular weight is 430 g/mol. The van der Waals surface area contributed by atoms with Gasteiger partial charge in [0, 0.05) is 12.1 Å². The summed E-state index contributed by atoms with van der Waals surface area (Å²) in [5.74, 6) is -2.04. The van der Waals surface area contributed by atoms with E-state index in [1.165, 1.54) is 24.3 Å². The number of amides is 1. The summed E-state index contributed by atoms with van der Waals surface area (Å²) in [6.07, 6.45) is -4.66. The molecule has 0 fully saturated rings. The Morgan fingerprint density at radius 1 is 1.21 bits per heavy atom. The van der Waals surface area contributed by atoms with Crippen molar-refractivity contribution >= 4 is 21.9 Å². The van der Waals surface area contributed by atoms with Crippen LogP contribution in [0.3, 0.4) is 0 Å². The Labute approximate surface area is 164 Å². The maximum atomic E-state index is 12.8. The van der Waals surface area contributed by atoms with Crippen LogP contribution >= 0.6 is 0 Å². The SMILES string of the molecule is CCNS(=O)(=O)c1ccc(ON(C(=N)N)C(=O)c2cccc(C(F)(F)F)c2)cc1. The van der Waals surface area contributed by atoms with Crippen LogP contribution in [-0.2, 0) is 16.2 Å². The Hall–Kier alpha value is -3.12.